The first kappa shape index (κ1) is 14.3. The van der Waals surface area contributed by atoms with Crippen molar-refractivity contribution in [1.82, 2.24) is 9.88 Å². The Hall–Kier alpha value is -1.65. The third kappa shape index (κ3) is 2.74. The van der Waals surface area contributed by atoms with Crippen LogP contribution in [0.25, 0.3) is 10.8 Å². The highest BCUT2D eigenvalue weighted by molar-refractivity contribution is 6.34. The SMILES string of the molecule is O=C(c1cc2ccccc2c(Cl)n1)N(CCO)C1CCC1. The predicted octanol–water partition coefficient (Wildman–Crippen LogP) is 2.88. The Kier molecular flexibility index (Phi) is 4.08. The van der Waals surface area contributed by atoms with E-state index in [1.165, 1.54) is 0 Å². The standard InChI is InChI=1S/C16H17ClN2O2/c17-15-13-7-2-1-4-11(13)10-14(18-15)16(21)19(8-9-20)12-5-3-6-12/h1-2,4,7,10,12,20H,3,5-6,8-9H2. The second-order valence-electron chi connectivity index (χ2n) is 5.33. The van der Waals surface area contributed by atoms with Crippen LogP contribution < -0.4 is 0 Å². The van der Waals surface area contributed by atoms with Gasteiger partial charge < -0.3 is 10.0 Å². The van der Waals surface area contributed by atoms with Crippen LogP contribution >= 0.6 is 11.6 Å². The van der Waals surface area contributed by atoms with Crippen molar-refractivity contribution in [2.75, 3.05) is 13.2 Å². The zero-order valence-corrected chi connectivity index (χ0v) is 12.4. The topological polar surface area (TPSA) is 53.4 Å². The molecule has 0 bridgehead atoms. The molecule has 1 saturated carbocycles. The number of fused-ring (bicyclic) bond motifs is 1. The van der Waals surface area contributed by atoms with Crippen LogP contribution in [0.1, 0.15) is 29.8 Å². The Morgan fingerprint density at radius 3 is 2.81 bits per heavy atom. The number of aliphatic hydroxyl groups excluding tert-OH is 1. The molecule has 1 amide bonds. The van der Waals surface area contributed by atoms with Gasteiger partial charge in [0.2, 0.25) is 0 Å². The molecule has 0 spiro atoms. The summed E-state index contributed by atoms with van der Waals surface area (Å²) in [5, 5.41) is 11.3. The molecule has 0 saturated heterocycles. The monoisotopic (exact) mass is 304 g/mol. The van der Waals surface area contributed by atoms with Crippen LogP contribution in [0.2, 0.25) is 5.15 Å². The molecule has 1 aromatic carbocycles. The van der Waals surface area contributed by atoms with Gasteiger partial charge in [0.05, 0.1) is 6.61 Å². The van der Waals surface area contributed by atoms with Crippen LogP contribution in [0.5, 0.6) is 0 Å². The van der Waals surface area contributed by atoms with Crippen molar-refractivity contribution in [1.29, 1.82) is 0 Å². The number of benzene rings is 1. The lowest BCUT2D eigenvalue weighted by atomic mass is 9.91. The zero-order valence-electron chi connectivity index (χ0n) is 11.6. The Morgan fingerprint density at radius 2 is 2.14 bits per heavy atom. The summed E-state index contributed by atoms with van der Waals surface area (Å²) in [7, 11) is 0. The van der Waals surface area contributed by atoms with E-state index in [1.807, 2.05) is 24.3 Å². The molecule has 1 fully saturated rings. The fourth-order valence-electron chi connectivity index (χ4n) is 2.67. The molecule has 5 heteroatoms. The molecule has 1 aliphatic rings. The lowest BCUT2D eigenvalue weighted by Gasteiger charge is -2.37. The summed E-state index contributed by atoms with van der Waals surface area (Å²) in [6.07, 6.45) is 3.12. The molecule has 0 unspecified atom stereocenters. The molecule has 3 rings (SSSR count). The third-order valence-corrected chi connectivity index (χ3v) is 4.32. The maximum absolute atomic E-state index is 12.7. The van der Waals surface area contributed by atoms with Crippen molar-refractivity contribution in [3.05, 3.63) is 41.2 Å². The number of hydrogen-bond acceptors (Lipinski definition) is 3. The van der Waals surface area contributed by atoms with Gasteiger partial charge in [0.1, 0.15) is 10.8 Å². The lowest BCUT2D eigenvalue weighted by molar-refractivity contribution is 0.0520. The van der Waals surface area contributed by atoms with Gasteiger partial charge in [-0.3, -0.25) is 4.79 Å². The molecule has 4 nitrogen and oxygen atoms in total. The summed E-state index contributed by atoms with van der Waals surface area (Å²) < 4.78 is 0. The maximum atomic E-state index is 12.7. The minimum absolute atomic E-state index is 0.0381. The first-order valence-electron chi connectivity index (χ1n) is 7.18. The van der Waals surface area contributed by atoms with Crippen LogP contribution in [0.3, 0.4) is 0 Å². The molecule has 2 aromatic rings. The molecule has 110 valence electrons. The third-order valence-electron chi connectivity index (χ3n) is 4.03. The Balaban J connectivity index is 1.96. The van der Waals surface area contributed by atoms with Crippen molar-refractivity contribution in [3.63, 3.8) is 0 Å². The van der Waals surface area contributed by atoms with E-state index in [1.54, 1.807) is 11.0 Å². The highest BCUT2D eigenvalue weighted by atomic mass is 35.5. The smallest absolute Gasteiger partial charge is 0.272 e. The predicted molar refractivity (Wildman–Crippen MR) is 82.5 cm³/mol. The molecule has 1 aliphatic carbocycles. The van der Waals surface area contributed by atoms with Gasteiger partial charge in [-0.15, -0.1) is 0 Å². The summed E-state index contributed by atoms with van der Waals surface area (Å²) in [6.45, 7) is 0.305. The number of carbonyl (C=O) groups is 1. The maximum Gasteiger partial charge on any atom is 0.272 e. The van der Waals surface area contributed by atoms with E-state index in [0.29, 0.717) is 17.4 Å². The molecule has 0 atom stereocenters. The van der Waals surface area contributed by atoms with Crippen molar-refractivity contribution in [2.24, 2.45) is 0 Å². The van der Waals surface area contributed by atoms with E-state index in [0.717, 1.165) is 30.0 Å². The number of rotatable bonds is 4. The largest absolute Gasteiger partial charge is 0.395 e. The van der Waals surface area contributed by atoms with E-state index >= 15 is 0 Å². The van der Waals surface area contributed by atoms with Crippen molar-refractivity contribution in [3.8, 4) is 0 Å². The average molecular weight is 305 g/mol. The number of amides is 1. The van der Waals surface area contributed by atoms with Crippen LogP contribution in [-0.2, 0) is 0 Å². The summed E-state index contributed by atoms with van der Waals surface area (Å²) in [5.41, 5.74) is 0.346. The normalized spacial score (nSPS) is 15.0. The Bertz CT molecular complexity index is 670. The van der Waals surface area contributed by atoms with Gasteiger partial charge in [0, 0.05) is 18.0 Å². The second kappa shape index (κ2) is 6.00. The van der Waals surface area contributed by atoms with E-state index < -0.39 is 0 Å². The molecule has 1 heterocycles. The van der Waals surface area contributed by atoms with Crippen molar-refractivity contribution < 1.29 is 9.90 Å². The number of carbonyl (C=O) groups excluding carboxylic acids is 1. The summed E-state index contributed by atoms with van der Waals surface area (Å²) in [4.78, 5) is 18.6. The molecule has 0 radical (unpaired) electrons. The van der Waals surface area contributed by atoms with Gasteiger partial charge in [0.25, 0.3) is 5.91 Å². The van der Waals surface area contributed by atoms with E-state index in [9.17, 15) is 9.90 Å². The van der Waals surface area contributed by atoms with Gasteiger partial charge in [-0.25, -0.2) is 4.98 Å². The number of aromatic nitrogens is 1. The number of pyridine rings is 1. The van der Waals surface area contributed by atoms with Gasteiger partial charge in [-0.1, -0.05) is 35.9 Å². The first-order chi connectivity index (χ1) is 10.2. The molecule has 21 heavy (non-hydrogen) atoms. The van der Waals surface area contributed by atoms with Crippen LogP contribution in [0.15, 0.2) is 30.3 Å². The first-order valence-corrected chi connectivity index (χ1v) is 7.55. The molecule has 0 aliphatic heterocycles. The van der Waals surface area contributed by atoms with E-state index in [2.05, 4.69) is 4.98 Å². The molecular formula is C16H17ClN2O2. The minimum atomic E-state index is -0.151. The second-order valence-corrected chi connectivity index (χ2v) is 5.68. The number of nitrogens with zero attached hydrogens (tertiary/aromatic N) is 2. The minimum Gasteiger partial charge on any atom is -0.395 e. The number of halogens is 1. The highest BCUT2D eigenvalue weighted by Gasteiger charge is 2.29. The van der Waals surface area contributed by atoms with Gasteiger partial charge in [-0.05, 0) is 30.7 Å². The summed E-state index contributed by atoms with van der Waals surface area (Å²) >= 11 is 6.18. The number of aliphatic hydroxyl groups is 1. The van der Waals surface area contributed by atoms with Gasteiger partial charge in [-0.2, -0.15) is 0 Å². The zero-order chi connectivity index (χ0) is 14.8. The molecule has 1 aromatic heterocycles. The van der Waals surface area contributed by atoms with Crippen LogP contribution in [0, 0.1) is 0 Å². The van der Waals surface area contributed by atoms with Crippen LogP contribution in [-0.4, -0.2) is 40.1 Å². The van der Waals surface area contributed by atoms with Crippen LogP contribution in [0.4, 0.5) is 0 Å². The van der Waals surface area contributed by atoms with Gasteiger partial charge in [0.15, 0.2) is 0 Å². The average Bonchev–Trinajstić information content (AvgIpc) is 2.44. The highest BCUT2D eigenvalue weighted by Crippen LogP contribution is 2.27. The Morgan fingerprint density at radius 1 is 1.38 bits per heavy atom. The lowest BCUT2D eigenvalue weighted by Crippen LogP contribution is -2.45. The van der Waals surface area contributed by atoms with E-state index in [4.69, 9.17) is 11.6 Å². The van der Waals surface area contributed by atoms with Crippen molar-refractivity contribution >= 4 is 28.3 Å². The fraction of sp³-hybridized carbons (Fsp3) is 0.375. The number of hydrogen-bond donors (Lipinski definition) is 1. The van der Waals surface area contributed by atoms with Crippen molar-refractivity contribution in [2.45, 2.75) is 25.3 Å². The summed E-state index contributed by atoms with van der Waals surface area (Å²) in [5.74, 6) is -0.151. The molecular weight excluding hydrogens is 288 g/mol. The fourth-order valence-corrected chi connectivity index (χ4v) is 2.93. The molecule has 1 N–H and O–H groups in total. The quantitative estimate of drug-likeness (QED) is 0.884. The van der Waals surface area contributed by atoms with Gasteiger partial charge >= 0.3 is 0 Å². The van der Waals surface area contributed by atoms with E-state index in [-0.39, 0.29) is 18.6 Å². The summed E-state index contributed by atoms with van der Waals surface area (Å²) in [6, 6.07) is 9.59. The Labute approximate surface area is 128 Å².